The maximum absolute atomic E-state index is 12.3. The lowest BCUT2D eigenvalue weighted by atomic mass is 10.1. The van der Waals surface area contributed by atoms with Crippen LogP contribution in [0.25, 0.3) is 5.78 Å². The van der Waals surface area contributed by atoms with Crippen LogP contribution in [0.3, 0.4) is 0 Å². The van der Waals surface area contributed by atoms with Crippen LogP contribution in [0, 0.1) is 0 Å². The first-order valence-electron chi connectivity index (χ1n) is 8.32. The highest BCUT2D eigenvalue weighted by Crippen LogP contribution is 2.34. The Balaban J connectivity index is 1.48. The van der Waals surface area contributed by atoms with Crippen LogP contribution in [0.5, 0.6) is 11.5 Å². The average molecular weight is 387 g/mol. The van der Waals surface area contributed by atoms with Gasteiger partial charge in [-0.15, -0.1) is 10.2 Å². The molecule has 1 aliphatic heterocycles. The molecule has 0 fully saturated rings. The van der Waals surface area contributed by atoms with Crippen molar-refractivity contribution in [3.63, 3.8) is 0 Å². The number of amides is 1. The number of aromatic amines is 1. The van der Waals surface area contributed by atoms with E-state index in [0.717, 1.165) is 5.69 Å². The summed E-state index contributed by atoms with van der Waals surface area (Å²) in [6, 6.07) is 6.75. The van der Waals surface area contributed by atoms with Gasteiger partial charge in [0.25, 0.3) is 5.56 Å². The molecule has 10 heteroatoms. The van der Waals surface area contributed by atoms with Crippen molar-refractivity contribution in [3.05, 3.63) is 40.3 Å². The monoisotopic (exact) mass is 387 g/mol. The summed E-state index contributed by atoms with van der Waals surface area (Å²) in [7, 11) is 0. The molecule has 140 valence electrons. The van der Waals surface area contributed by atoms with Crippen LogP contribution < -0.4 is 20.3 Å². The Morgan fingerprint density at radius 2 is 2.11 bits per heavy atom. The molecule has 0 spiro atoms. The molecule has 2 aromatic heterocycles. The lowest BCUT2D eigenvalue weighted by molar-refractivity contribution is -0.113. The number of aromatic nitrogens is 4. The smallest absolute Gasteiger partial charge is 0.252 e. The van der Waals surface area contributed by atoms with Crippen molar-refractivity contribution in [2.45, 2.75) is 24.9 Å². The van der Waals surface area contributed by atoms with Crippen molar-refractivity contribution in [1.29, 1.82) is 0 Å². The van der Waals surface area contributed by atoms with Crippen LogP contribution in [-0.2, 0) is 4.79 Å². The number of carbonyl (C=O) groups excluding carboxylic acids is 1. The number of thioether (sulfide) groups is 1. The van der Waals surface area contributed by atoms with Crippen LogP contribution in [0.4, 0.5) is 5.69 Å². The molecule has 1 aliphatic rings. The van der Waals surface area contributed by atoms with E-state index in [0.29, 0.717) is 28.1 Å². The summed E-state index contributed by atoms with van der Waals surface area (Å²) >= 11 is 1.25. The number of nitrogens with zero attached hydrogens (tertiary/aromatic N) is 3. The van der Waals surface area contributed by atoms with Crippen molar-refractivity contribution in [1.82, 2.24) is 19.6 Å². The Labute approximate surface area is 158 Å². The quantitative estimate of drug-likeness (QED) is 0.644. The largest absolute Gasteiger partial charge is 0.454 e. The number of carbonyl (C=O) groups is 1. The number of H-pyrrole nitrogens is 1. The maximum Gasteiger partial charge on any atom is 0.252 e. The summed E-state index contributed by atoms with van der Waals surface area (Å²) in [6.45, 7) is 4.15. The second kappa shape index (κ2) is 6.95. The minimum absolute atomic E-state index is 0.104. The van der Waals surface area contributed by atoms with Gasteiger partial charge in [0.15, 0.2) is 16.7 Å². The molecule has 0 unspecified atom stereocenters. The van der Waals surface area contributed by atoms with E-state index >= 15 is 0 Å². The topological polar surface area (TPSA) is 111 Å². The minimum Gasteiger partial charge on any atom is -0.454 e. The maximum atomic E-state index is 12.3. The number of benzene rings is 1. The molecule has 1 amide bonds. The molecule has 4 rings (SSSR count). The standard InChI is InChI=1S/C17H17N5O4S/c1-9(2)11-6-14(23)19-16-20-21-17(22(11)16)27-7-15(24)18-10-3-4-12-13(5-10)26-8-25-12/h3-6,9H,7-8H2,1-2H3,(H,18,24)(H,19,20,23). The van der Waals surface area contributed by atoms with E-state index in [1.165, 1.54) is 17.8 Å². The first-order valence-corrected chi connectivity index (χ1v) is 9.30. The van der Waals surface area contributed by atoms with Gasteiger partial charge in [-0.2, -0.15) is 0 Å². The first-order chi connectivity index (χ1) is 13.0. The zero-order valence-electron chi connectivity index (χ0n) is 14.7. The van der Waals surface area contributed by atoms with E-state index in [-0.39, 0.29) is 29.9 Å². The zero-order valence-corrected chi connectivity index (χ0v) is 15.5. The van der Waals surface area contributed by atoms with Crippen molar-refractivity contribution >= 4 is 29.1 Å². The normalized spacial score (nSPS) is 12.7. The molecule has 0 saturated carbocycles. The van der Waals surface area contributed by atoms with E-state index in [4.69, 9.17) is 9.47 Å². The van der Waals surface area contributed by atoms with Crippen LogP contribution >= 0.6 is 11.8 Å². The number of nitrogens with one attached hydrogen (secondary N) is 2. The van der Waals surface area contributed by atoms with Crippen LogP contribution in [0.2, 0.25) is 0 Å². The third kappa shape index (κ3) is 3.47. The summed E-state index contributed by atoms with van der Waals surface area (Å²) in [6.07, 6.45) is 0. The Bertz CT molecular complexity index is 1070. The summed E-state index contributed by atoms with van der Waals surface area (Å²) in [5.41, 5.74) is 1.19. The predicted octanol–water partition coefficient (Wildman–Crippen LogP) is 2.00. The number of ether oxygens (including phenoxy) is 2. The van der Waals surface area contributed by atoms with Gasteiger partial charge in [-0.1, -0.05) is 25.6 Å². The molecule has 9 nitrogen and oxygen atoms in total. The van der Waals surface area contributed by atoms with E-state index in [2.05, 4.69) is 20.5 Å². The molecule has 3 heterocycles. The Hall–Kier alpha value is -3.01. The Kier molecular flexibility index (Phi) is 4.48. The summed E-state index contributed by atoms with van der Waals surface area (Å²) in [4.78, 5) is 26.7. The first kappa shape index (κ1) is 17.4. The van der Waals surface area contributed by atoms with E-state index in [1.807, 2.05) is 13.8 Å². The number of hydrogen-bond donors (Lipinski definition) is 2. The van der Waals surface area contributed by atoms with Gasteiger partial charge >= 0.3 is 0 Å². The van der Waals surface area contributed by atoms with Crippen molar-refractivity contribution in [2.75, 3.05) is 17.9 Å². The molecule has 0 radical (unpaired) electrons. The van der Waals surface area contributed by atoms with Gasteiger partial charge < -0.3 is 14.8 Å². The number of anilines is 1. The second-order valence-corrected chi connectivity index (χ2v) is 7.20. The fraction of sp³-hybridized carbons (Fsp3) is 0.294. The summed E-state index contributed by atoms with van der Waals surface area (Å²) in [5.74, 6) is 1.69. The molecule has 2 N–H and O–H groups in total. The van der Waals surface area contributed by atoms with Gasteiger partial charge in [-0.25, -0.2) is 0 Å². The Morgan fingerprint density at radius 1 is 1.30 bits per heavy atom. The molecule has 0 saturated heterocycles. The lowest BCUT2D eigenvalue weighted by Crippen LogP contribution is -2.15. The highest BCUT2D eigenvalue weighted by atomic mass is 32.2. The molecule has 0 bridgehead atoms. The zero-order chi connectivity index (χ0) is 19.0. The SMILES string of the molecule is CC(C)c1cc(=O)[nH]c2nnc(SCC(=O)Nc3ccc4c(c3)OCO4)n12. The highest BCUT2D eigenvalue weighted by Gasteiger charge is 2.17. The number of fused-ring (bicyclic) bond motifs is 2. The molecule has 1 aromatic carbocycles. The fourth-order valence-electron chi connectivity index (χ4n) is 2.75. The predicted molar refractivity (Wildman–Crippen MR) is 99.6 cm³/mol. The second-order valence-electron chi connectivity index (χ2n) is 6.26. The third-order valence-corrected chi connectivity index (χ3v) is 4.91. The van der Waals surface area contributed by atoms with Crippen LogP contribution in [0.15, 0.2) is 34.2 Å². The van der Waals surface area contributed by atoms with Gasteiger partial charge in [-0.3, -0.25) is 19.0 Å². The molecular formula is C17H17N5O4S. The van der Waals surface area contributed by atoms with Crippen LogP contribution in [0.1, 0.15) is 25.5 Å². The molecular weight excluding hydrogens is 370 g/mol. The van der Waals surface area contributed by atoms with E-state index < -0.39 is 0 Å². The van der Waals surface area contributed by atoms with Gasteiger partial charge in [0.1, 0.15) is 0 Å². The summed E-state index contributed by atoms with van der Waals surface area (Å²) < 4.78 is 12.3. The molecule has 27 heavy (non-hydrogen) atoms. The van der Waals surface area contributed by atoms with Crippen molar-refractivity contribution in [2.24, 2.45) is 0 Å². The third-order valence-electron chi connectivity index (χ3n) is 3.99. The molecule has 0 aliphatic carbocycles. The van der Waals surface area contributed by atoms with Gasteiger partial charge in [0, 0.05) is 23.5 Å². The summed E-state index contributed by atoms with van der Waals surface area (Å²) in [5, 5.41) is 11.5. The van der Waals surface area contributed by atoms with Crippen molar-refractivity contribution < 1.29 is 14.3 Å². The van der Waals surface area contributed by atoms with Gasteiger partial charge in [-0.05, 0) is 18.1 Å². The highest BCUT2D eigenvalue weighted by molar-refractivity contribution is 7.99. The fourth-order valence-corrected chi connectivity index (χ4v) is 3.50. The van der Waals surface area contributed by atoms with Gasteiger partial charge in [0.2, 0.25) is 18.5 Å². The Morgan fingerprint density at radius 3 is 2.93 bits per heavy atom. The average Bonchev–Trinajstić information content (AvgIpc) is 3.25. The minimum atomic E-state index is -0.226. The number of rotatable bonds is 5. The van der Waals surface area contributed by atoms with Crippen molar-refractivity contribution in [3.8, 4) is 11.5 Å². The molecule has 3 aromatic rings. The van der Waals surface area contributed by atoms with Crippen LogP contribution in [-0.4, -0.2) is 38.0 Å². The lowest BCUT2D eigenvalue weighted by Gasteiger charge is -2.10. The van der Waals surface area contributed by atoms with Gasteiger partial charge in [0.05, 0.1) is 5.75 Å². The number of hydrogen-bond acceptors (Lipinski definition) is 7. The van der Waals surface area contributed by atoms with E-state index in [1.54, 1.807) is 22.6 Å². The molecule has 0 atom stereocenters. The van der Waals surface area contributed by atoms with E-state index in [9.17, 15) is 9.59 Å².